The lowest BCUT2D eigenvalue weighted by molar-refractivity contribution is -0.384. The van der Waals surface area contributed by atoms with Gasteiger partial charge in [-0.1, -0.05) is 32.0 Å². The molecule has 0 heterocycles. The number of para-hydroxylation sites is 1. The Bertz CT molecular complexity index is 872. The van der Waals surface area contributed by atoms with E-state index in [9.17, 15) is 19.5 Å². The molecular formula is C19H23N2O7P. The van der Waals surface area contributed by atoms with Crippen molar-refractivity contribution in [2.75, 3.05) is 7.11 Å². The molecule has 0 saturated heterocycles. The van der Waals surface area contributed by atoms with Gasteiger partial charge < -0.3 is 13.8 Å². The van der Waals surface area contributed by atoms with Crippen molar-refractivity contribution in [3.63, 3.8) is 0 Å². The molecule has 2 rings (SSSR count). The second kappa shape index (κ2) is 10.0. The fraction of sp³-hybridized carbons (Fsp3) is 0.316. The van der Waals surface area contributed by atoms with E-state index in [0.29, 0.717) is 6.42 Å². The first kappa shape index (κ1) is 22.4. The molecule has 0 aliphatic rings. The number of non-ortho nitro benzene ring substituents is 1. The van der Waals surface area contributed by atoms with Gasteiger partial charge in [0.2, 0.25) is 0 Å². The number of rotatable bonds is 10. The summed E-state index contributed by atoms with van der Waals surface area (Å²) in [6.45, 7) is 3.80. The molecule has 0 fully saturated rings. The van der Waals surface area contributed by atoms with E-state index in [1.807, 2.05) is 13.8 Å². The Labute approximate surface area is 168 Å². The topological polar surface area (TPSA) is 117 Å². The van der Waals surface area contributed by atoms with Crippen LogP contribution >= 0.6 is 7.75 Å². The minimum absolute atomic E-state index is 0.0792. The zero-order valence-corrected chi connectivity index (χ0v) is 17.2. The molecule has 0 bridgehead atoms. The number of nitrogens with zero attached hydrogens (tertiary/aromatic N) is 1. The molecule has 2 aromatic rings. The van der Waals surface area contributed by atoms with E-state index >= 15 is 0 Å². The van der Waals surface area contributed by atoms with Crippen LogP contribution in [0, 0.1) is 16.0 Å². The van der Waals surface area contributed by atoms with Crippen molar-refractivity contribution in [1.82, 2.24) is 5.09 Å². The smallest absolute Gasteiger partial charge is 0.468 e. The molecule has 29 heavy (non-hydrogen) atoms. The lowest BCUT2D eigenvalue weighted by Crippen LogP contribution is -2.38. The highest BCUT2D eigenvalue weighted by Crippen LogP contribution is 2.46. The van der Waals surface area contributed by atoms with Crippen molar-refractivity contribution in [2.24, 2.45) is 5.92 Å². The van der Waals surface area contributed by atoms with Crippen LogP contribution in [-0.2, 0) is 14.1 Å². The fourth-order valence-corrected chi connectivity index (χ4v) is 4.00. The van der Waals surface area contributed by atoms with Gasteiger partial charge in [0, 0.05) is 12.1 Å². The van der Waals surface area contributed by atoms with Gasteiger partial charge in [0.1, 0.15) is 17.5 Å². The fourth-order valence-electron chi connectivity index (χ4n) is 2.47. The summed E-state index contributed by atoms with van der Waals surface area (Å²) in [6.07, 6.45) is 0.332. The summed E-state index contributed by atoms with van der Waals surface area (Å²) in [4.78, 5) is 22.4. The van der Waals surface area contributed by atoms with Crippen LogP contribution in [0.4, 0.5) is 5.69 Å². The summed E-state index contributed by atoms with van der Waals surface area (Å²) >= 11 is 0. The largest absolute Gasteiger partial charge is 0.513 e. The normalized spacial score (nSPS) is 13.9. The standard InChI is InChI=1S/C19H23N2O7P/c1-14(2)13-18(19(22)26-3)20-29(25,27-16-7-5-4-6-8-16)28-17-11-9-15(10-12-17)21(23)24/h4-12,14,18H,13H2,1-3H3,(H,20,25)/t18-,29?/m0/s1. The predicted molar refractivity (Wildman–Crippen MR) is 107 cm³/mol. The summed E-state index contributed by atoms with van der Waals surface area (Å²) in [5, 5.41) is 13.5. The van der Waals surface area contributed by atoms with Gasteiger partial charge in [-0.3, -0.25) is 14.9 Å². The second-order valence-corrected chi connectivity index (χ2v) is 8.20. The molecule has 0 amide bonds. The SMILES string of the molecule is COC(=O)[C@H](CC(C)C)NP(=O)(Oc1ccccc1)Oc1ccc([N+](=O)[O-])cc1. The quantitative estimate of drug-likeness (QED) is 0.260. The van der Waals surface area contributed by atoms with Gasteiger partial charge in [-0.15, -0.1) is 0 Å². The molecule has 0 saturated carbocycles. The molecule has 0 radical (unpaired) electrons. The van der Waals surface area contributed by atoms with E-state index in [2.05, 4.69) is 5.09 Å². The lowest BCUT2D eigenvalue weighted by Gasteiger charge is -2.25. The third-order valence-corrected chi connectivity index (χ3v) is 5.28. The van der Waals surface area contributed by atoms with E-state index in [4.69, 9.17) is 13.8 Å². The number of hydrogen-bond acceptors (Lipinski definition) is 7. The van der Waals surface area contributed by atoms with Crippen molar-refractivity contribution in [2.45, 2.75) is 26.3 Å². The molecule has 1 unspecified atom stereocenters. The maximum atomic E-state index is 13.5. The van der Waals surface area contributed by atoms with E-state index in [-0.39, 0.29) is 23.1 Å². The number of methoxy groups -OCH3 is 1. The zero-order chi connectivity index (χ0) is 21.4. The van der Waals surface area contributed by atoms with Crippen LogP contribution in [0.25, 0.3) is 0 Å². The number of nitrogens with one attached hydrogen (secondary N) is 1. The van der Waals surface area contributed by atoms with E-state index in [1.165, 1.54) is 31.4 Å². The third-order valence-electron chi connectivity index (χ3n) is 3.75. The first-order chi connectivity index (χ1) is 13.7. The average Bonchev–Trinajstić information content (AvgIpc) is 2.67. The molecular weight excluding hydrogens is 399 g/mol. The zero-order valence-electron chi connectivity index (χ0n) is 16.3. The summed E-state index contributed by atoms with van der Waals surface area (Å²) in [6, 6.07) is 12.4. The highest BCUT2D eigenvalue weighted by Gasteiger charge is 2.36. The second-order valence-electron chi connectivity index (χ2n) is 6.58. The Hall–Kier alpha value is -2.90. The molecule has 9 nitrogen and oxygen atoms in total. The number of carbonyl (C=O) groups is 1. The van der Waals surface area contributed by atoms with Gasteiger partial charge in [0.15, 0.2) is 0 Å². The predicted octanol–water partition coefficient (Wildman–Crippen LogP) is 4.34. The van der Waals surface area contributed by atoms with Crippen LogP contribution < -0.4 is 14.1 Å². The molecule has 2 aromatic carbocycles. The number of esters is 1. The number of nitro benzene ring substituents is 1. The molecule has 10 heteroatoms. The minimum atomic E-state index is -4.10. The number of nitro groups is 1. The van der Waals surface area contributed by atoms with Crippen LogP contribution in [0.2, 0.25) is 0 Å². The minimum Gasteiger partial charge on any atom is -0.468 e. The molecule has 2 atom stereocenters. The van der Waals surface area contributed by atoms with Crippen molar-refractivity contribution in [3.8, 4) is 11.5 Å². The number of hydrogen-bond donors (Lipinski definition) is 1. The Balaban J connectivity index is 2.32. The van der Waals surface area contributed by atoms with Crippen LogP contribution in [0.1, 0.15) is 20.3 Å². The molecule has 0 spiro atoms. The third kappa shape index (κ3) is 6.89. The molecule has 0 aliphatic heterocycles. The average molecular weight is 422 g/mol. The molecule has 1 N–H and O–H groups in total. The summed E-state index contributed by atoms with van der Waals surface area (Å²) in [7, 11) is -2.87. The van der Waals surface area contributed by atoms with Gasteiger partial charge in [0.25, 0.3) is 5.69 Å². The van der Waals surface area contributed by atoms with Crippen LogP contribution in [0.5, 0.6) is 11.5 Å². The summed E-state index contributed by atoms with van der Waals surface area (Å²) < 4.78 is 29.4. The van der Waals surface area contributed by atoms with Gasteiger partial charge in [-0.2, -0.15) is 5.09 Å². The Morgan fingerprint density at radius 3 is 2.10 bits per heavy atom. The van der Waals surface area contributed by atoms with E-state index in [0.717, 1.165) is 0 Å². The van der Waals surface area contributed by atoms with Crippen LogP contribution in [0.3, 0.4) is 0 Å². The van der Waals surface area contributed by atoms with Crippen molar-refractivity contribution >= 4 is 19.4 Å². The van der Waals surface area contributed by atoms with Crippen molar-refractivity contribution in [1.29, 1.82) is 0 Å². The van der Waals surface area contributed by atoms with Gasteiger partial charge in [0.05, 0.1) is 12.0 Å². The highest BCUT2D eigenvalue weighted by atomic mass is 31.2. The Morgan fingerprint density at radius 2 is 1.62 bits per heavy atom. The van der Waals surface area contributed by atoms with Crippen molar-refractivity contribution < 1.29 is 28.1 Å². The Morgan fingerprint density at radius 1 is 1.07 bits per heavy atom. The molecule has 0 aromatic heterocycles. The van der Waals surface area contributed by atoms with Gasteiger partial charge in [-0.05, 0) is 36.6 Å². The molecule has 0 aliphatic carbocycles. The number of benzene rings is 2. The van der Waals surface area contributed by atoms with Crippen LogP contribution in [0.15, 0.2) is 54.6 Å². The maximum Gasteiger partial charge on any atom is 0.513 e. The first-order valence-corrected chi connectivity index (χ1v) is 10.4. The van der Waals surface area contributed by atoms with Crippen LogP contribution in [-0.4, -0.2) is 24.0 Å². The molecule has 156 valence electrons. The monoisotopic (exact) mass is 422 g/mol. The van der Waals surface area contributed by atoms with Crippen molar-refractivity contribution in [3.05, 3.63) is 64.7 Å². The summed E-state index contributed by atoms with van der Waals surface area (Å²) in [5.74, 6) is -0.173. The summed E-state index contributed by atoms with van der Waals surface area (Å²) in [5.41, 5.74) is -0.142. The van der Waals surface area contributed by atoms with Gasteiger partial charge >= 0.3 is 13.7 Å². The maximum absolute atomic E-state index is 13.5. The first-order valence-electron chi connectivity index (χ1n) is 8.87. The Kier molecular flexibility index (Phi) is 7.75. The van der Waals surface area contributed by atoms with E-state index in [1.54, 1.807) is 30.3 Å². The van der Waals surface area contributed by atoms with Gasteiger partial charge in [-0.25, -0.2) is 4.57 Å². The number of carbonyl (C=O) groups excluding carboxylic acids is 1. The highest BCUT2D eigenvalue weighted by molar-refractivity contribution is 7.52. The number of ether oxygens (including phenoxy) is 1. The van der Waals surface area contributed by atoms with E-state index < -0.39 is 24.7 Å². The lowest BCUT2D eigenvalue weighted by atomic mass is 10.1.